The van der Waals surface area contributed by atoms with Gasteiger partial charge in [-0.3, -0.25) is 0 Å². The van der Waals surface area contributed by atoms with E-state index in [0.717, 1.165) is 33.1 Å². The van der Waals surface area contributed by atoms with E-state index in [2.05, 4.69) is 16.0 Å². The molecule has 2 aromatic heterocycles. The molecule has 0 atom stereocenters. The van der Waals surface area contributed by atoms with Crippen LogP contribution in [0, 0.1) is 0 Å². The number of rotatable bonds is 3. The Kier molecular flexibility index (Phi) is 3.27. The molecule has 0 unspecified atom stereocenters. The first-order valence-electron chi connectivity index (χ1n) is 7.60. The van der Waals surface area contributed by atoms with Crippen LogP contribution in [0.15, 0.2) is 48.5 Å². The maximum atomic E-state index is 6.06. The number of aromatic amines is 1. The molecule has 0 amide bonds. The van der Waals surface area contributed by atoms with E-state index in [0.29, 0.717) is 17.3 Å². The van der Waals surface area contributed by atoms with Crippen molar-refractivity contribution in [2.75, 3.05) is 20.0 Å². The van der Waals surface area contributed by atoms with E-state index in [-0.39, 0.29) is 0 Å². The molecule has 4 rings (SSSR count). The average Bonchev–Trinajstić information content (AvgIpc) is 2.99. The summed E-state index contributed by atoms with van der Waals surface area (Å²) in [5.74, 6) is 1.82. The number of ether oxygens (including phenoxy) is 2. The third kappa shape index (κ3) is 2.13. The molecule has 5 heteroatoms. The van der Waals surface area contributed by atoms with Gasteiger partial charge in [0.25, 0.3) is 0 Å². The van der Waals surface area contributed by atoms with Gasteiger partial charge in [-0.25, -0.2) is 4.98 Å². The highest BCUT2D eigenvalue weighted by Gasteiger charge is 2.14. The number of fused-ring (bicyclic) bond motifs is 3. The van der Waals surface area contributed by atoms with Crippen LogP contribution in [0.5, 0.6) is 11.5 Å². The lowest BCUT2D eigenvalue weighted by molar-refractivity contribution is 0.355. The number of pyridine rings is 1. The normalized spacial score (nSPS) is 11.1. The number of nitrogens with one attached hydrogen (secondary N) is 1. The largest absolute Gasteiger partial charge is 0.493 e. The molecule has 2 heterocycles. The molecular weight excluding hydrogens is 302 g/mol. The SMILES string of the molecule is COc1ccc(-c2nc(N)cc3c2[nH]c2ccccc23)cc1OC. The molecule has 0 saturated heterocycles. The lowest BCUT2D eigenvalue weighted by atomic mass is 10.1. The van der Waals surface area contributed by atoms with Crippen LogP contribution in [0.1, 0.15) is 0 Å². The fourth-order valence-corrected chi connectivity index (χ4v) is 3.06. The number of anilines is 1. The van der Waals surface area contributed by atoms with Crippen molar-refractivity contribution in [3.63, 3.8) is 0 Å². The number of hydrogen-bond acceptors (Lipinski definition) is 4. The van der Waals surface area contributed by atoms with Crippen molar-refractivity contribution in [2.45, 2.75) is 0 Å². The van der Waals surface area contributed by atoms with Gasteiger partial charge in [0.1, 0.15) is 5.82 Å². The lowest BCUT2D eigenvalue weighted by Gasteiger charge is -2.10. The average molecular weight is 319 g/mol. The Morgan fingerprint density at radius 3 is 2.50 bits per heavy atom. The van der Waals surface area contributed by atoms with Gasteiger partial charge in [-0.15, -0.1) is 0 Å². The van der Waals surface area contributed by atoms with Crippen molar-refractivity contribution < 1.29 is 9.47 Å². The molecule has 120 valence electrons. The van der Waals surface area contributed by atoms with E-state index in [1.807, 2.05) is 42.5 Å². The van der Waals surface area contributed by atoms with Gasteiger partial charge >= 0.3 is 0 Å². The fourth-order valence-electron chi connectivity index (χ4n) is 3.06. The highest BCUT2D eigenvalue weighted by Crippen LogP contribution is 2.36. The minimum absolute atomic E-state index is 0.483. The van der Waals surface area contributed by atoms with E-state index in [4.69, 9.17) is 15.2 Å². The summed E-state index contributed by atoms with van der Waals surface area (Å²) < 4.78 is 10.7. The summed E-state index contributed by atoms with van der Waals surface area (Å²) in [6.45, 7) is 0. The molecule has 0 radical (unpaired) electrons. The molecule has 0 aliphatic rings. The van der Waals surface area contributed by atoms with Crippen molar-refractivity contribution in [1.82, 2.24) is 9.97 Å². The fraction of sp³-hybridized carbons (Fsp3) is 0.105. The zero-order valence-corrected chi connectivity index (χ0v) is 13.5. The number of nitrogens with two attached hydrogens (primary N) is 1. The summed E-state index contributed by atoms with van der Waals surface area (Å²) in [6, 6.07) is 15.8. The Hall–Kier alpha value is -3.21. The summed E-state index contributed by atoms with van der Waals surface area (Å²) in [4.78, 5) is 8.00. The summed E-state index contributed by atoms with van der Waals surface area (Å²) in [5, 5.41) is 2.19. The highest BCUT2D eigenvalue weighted by molar-refractivity contribution is 6.11. The van der Waals surface area contributed by atoms with Gasteiger partial charge in [-0.1, -0.05) is 18.2 Å². The Morgan fingerprint density at radius 1 is 0.917 bits per heavy atom. The predicted octanol–water partition coefficient (Wildman–Crippen LogP) is 3.98. The number of nitrogens with zero attached hydrogens (tertiary/aromatic N) is 1. The number of benzene rings is 2. The molecule has 0 aliphatic heterocycles. The van der Waals surface area contributed by atoms with Gasteiger partial charge in [0.15, 0.2) is 11.5 Å². The van der Waals surface area contributed by atoms with Crippen molar-refractivity contribution >= 4 is 27.6 Å². The number of hydrogen-bond donors (Lipinski definition) is 2. The Bertz CT molecular complexity index is 1050. The molecular formula is C19H17N3O2. The van der Waals surface area contributed by atoms with E-state index in [9.17, 15) is 0 Å². The molecule has 0 bridgehead atoms. The molecule has 0 spiro atoms. The molecule has 0 aliphatic carbocycles. The number of nitrogen functional groups attached to an aromatic ring is 1. The van der Waals surface area contributed by atoms with Crippen LogP contribution < -0.4 is 15.2 Å². The van der Waals surface area contributed by atoms with E-state index >= 15 is 0 Å². The van der Waals surface area contributed by atoms with E-state index < -0.39 is 0 Å². The standard InChI is InChI=1S/C19H17N3O2/c1-23-15-8-7-11(9-16(15)24-2)18-19-13(10-17(20)22-18)12-5-3-4-6-14(12)21-19/h3-10,21H,1-2H3,(H2,20,22). The summed E-state index contributed by atoms with van der Waals surface area (Å²) in [6.07, 6.45) is 0. The van der Waals surface area contributed by atoms with Crippen LogP contribution in [0.4, 0.5) is 5.82 Å². The Labute approximate surface area is 139 Å². The van der Waals surface area contributed by atoms with Gasteiger partial charge in [0.05, 0.1) is 25.4 Å². The number of aromatic nitrogens is 2. The first-order chi connectivity index (χ1) is 11.7. The monoisotopic (exact) mass is 319 g/mol. The van der Waals surface area contributed by atoms with Crippen LogP contribution >= 0.6 is 0 Å². The van der Waals surface area contributed by atoms with Crippen molar-refractivity contribution in [1.29, 1.82) is 0 Å². The smallest absolute Gasteiger partial charge is 0.161 e. The van der Waals surface area contributed by atoms with Gasteiger partial charge in [-0.2, -0.15) is 0 Å². The first-order valence-corrected chi connectivity index (χ1v) is 7.60. The lowest BCUT2D eigenvalue weighted by Crippen LogP contribution is -1.95. The van der Waals surface area contributed by atoms with E-state index in [1.54, 1.807) is 14.2 Å². The van der Waals surface area contributed by atoms with Crippen LogP contribution in [-0.4, -0.2) is 24.2 Å². The van der Waals surface area contributed by atoms with Gasteiger partial charge in [-0.05, 0) is 30.3 Å². The molecule has 0 fully saturated rings. The molecule has 24 heavy (non-hydrogen) atoms. The van der Waals surface area contributed by atoms with Gasteiger partial charge in [0.2, 0.25) is 0 Å². The molecule has 4 aromatic rings. The minimum atomic E-state index is 0.483. The van der Waals surface area contributed by atoms with Crippen LogP contribution in [0.25, 0.3) is 33.1 Å². The number of H-pyrrole nitrogens is 1. The minimum Gasteiger partial charge on any atom is -0.493 e. The summed E-state index contributed by atoms with van der Waals surface area (Å²) in [5.41, 5.74) is 9.78. The maximum absolute atomic E-state index is 6.06. The molecule has 2 aromatic carbocycles. The highest BCUT2D eigenvalue weighted by atomic mass is 16.5. The quantitative estimate of drug-likeness (QED) is 0.599. The maximum Gasteiger partial charge on any atom is 0.161 e. The third-order valence-electron chi connectivity index (χ3n) is 4.17. The topological polar surface area (TPSA) is 73.2 Å². The molecule has 3 N–H and O–H groups in total. The van der Waals surface area contributed by atoms with Crippen molar-refractivity contribution in [3.8, 4) is 22.8 Å². The van der Waals surface area contributed by atoms with Crippen LogP contribution in [0.3, 0.4) is 0 Å². The summed E-state index contributed by atoms with van der Waals surface area (Å²) in [7, 11) is 3.24. The second kappa shape index (κ2) is 5.45. The molecule has 0 saturated carbocycles. The second-order valence-electron chi connectivity index (χ2n) is 5.56. The number of para-hydroxylation sites is 1. The second-order valence-corrected chi connectivity index (χ2v) is 5.56. The first kappa shape index (κ1) is 14.4. The van der Waals surface area contributed by atoms with Crippen molar-refractivity contribution in [3.05, 3.63) is 48.5 Å². The zero-order valence-electron chi connectivity index (χ0n) is 13.5. The van der Waals surface area contributed by atoms with Crippen LogP contribution in [-0.2, 0) is 0 Å². The van der Waals surface area contributed by atoms with Gasteiger partial charge in [0, 0.05) is 21.9 Å². The Morgan fingerprint density at radius 2 is 1.71 bits per heavy atom. The Balaban J connectivity index is 2.03. The third-order valence-corrected chi connectivity index (χ3v) is 4.17. The summed E-state index contributed by atoms with van der Waals surface area (Å²) >= 11 is 0. The molecule has 5 nitrogen and oxygen atoms in total. The van der Waals surface area contributed by atoms with Gasteiger partial charge < -0.3 is 20.2 Å². The van der Waals surface area contributed by atoms with Crippen molar-refractivity contribution in [2.24, 2.45) is 0 Å². The number of methoxy groups -OCH3 is 2. The van der Waals surface area contributed by atoms with E-state index in [1.165, 1.54) is 0 Å². The predicted molar refractivity (Wildman–Crippen MR) is 96.6 cm³/mol. The van der Waals surface area contributed by atoms with Crippen LogP contribution in [0.2, 0.25) is 0 Å². The zero-order chi connectivity index (χ0) is 16.7.